The second-order valence-electron chi connectivity index (χ2n) is 6.20. The Hall–Kier alpha value is -3.00. The average Bonchev–Trinajstić information content (AvgIpc) is 3.23. The first-order valence-corrected chi connectivity index (χ1v) is 9.16. The molecule has 28 heavy (non-hydrogen) atoms. The quantitative estimate of drug-likeness (QED) is 0.655. The predicted octanol–water partition coefficient (Wildman–Crippen LogP) is 3.42. The van der Waals surface area contributed by atoms with E-state index in [-0.39, 0.29) is 17.5 Å². The van der Waals surface area contributed by atoms with Crippen molar-refractivity contribution in [2.24, 2.45) is 0 Å². The molecule has 2 heterocycles. The third-order valence-electron chi connectivity index (χ3n) is 4.41. The van der Waals surface area contributed by atoms with Crippen molar-refractivity contribution in [3.05, 3.63) is 65.3 Å². The van der Waals surface area contributed by atoms with E-state index in [1.807, 2.05) is 6.92 Å². The van der Waals surface area contributed by atoms with Crippen LogP contribution in [0.1, 0.15) is 23.7 Å². The number of amides is 1. The van der Waals surface area contributed by atoms with Crippen LogP contribution in [-0.2, 0) is 0 Å². The van der Waals surface area contributed by atoms with Gasteiger partial charge in [0.15, 0.2) is 0 Å². The van der Waals surface area contributed by atoms with Gasteiger partial charge < -0.3 is 10.2 Å². The van der Waals surface area contributed by atoms with Gasteiger partial charge in [0.2, 0.25) is 0 Å². The molecule has 0 aliphatic heterocycles. The summed E-state index contributed by atoms with van der Waals surface area (Å²) in [6.45, 7) is 2.46. The number of halogens is 2. The maximum atomic E-state index is 13.8. The summed E-state index contributed by atoms with van der Waals surface area (Å²) < 4.78 is 13.8. The second kappa shape index (κ2) is 8.79. The number of likely N-dealkylation sites (N-methyl/N-ethyl adjacent to an activating group) is 1. The van der Waals surface area contributed by atoms with Crippen LogP contribution in [0.5, 0.6) is 0 Å². The van der Waals surface area contributed by atoms with Gasteiger partial charge in [0, 0.05) is 25.8 Å². The minimum Gasteiger partial charge on any atom is -0.368 e. The predicted molar refractivity (Wildman–Crippen MR) is 105 cm³/mol. The highest BCUT2D eigenvalue weighted by Crippen LogP contribution is 2.19. The minimum atomic E-state index is -0.496. The van der Waals surface area contributed by atoms with Gasteiger partial charge in [-0.2, -0.15) is 15.0 Å². The van der Waals surface area contributed by atoms with Crippen LogP contribution in [0.15, 0.2) is 48.9 Å². The van der Waals surface area contributed by atoms with Crippen LogP contribution in [0.2, 0.25) is 5.02 Å². The number of anilines is 1. The normalized spacial score (nSPS) is 11.9. The van der Waals surface area contributed by atoms with E-state index in [0.717, 1.165) is 0 Å². The monoisotopic (exact) mass is 402 g/mol. The third-order valence-corrected chi connectivity index (χ3v) is 4.63. The Morgan fingerprint density at radius 3 is 2.68 bits per heavy atom. The van der Waals surface area contributed by atoms with E-state index in [2.05, 4.69) is 20.5 Å². The van der Waals surface area contributed by atoms with Gasteiger partial charge >= 0.3 is 0 Å². The molecule has 0 fully saturated rings. The van der Waals surface area contributed by atoms with Gasteiger partial charge in [-0.15, -0.1) is 0 Å². The van der Waals surface area contributed by atoms with Crippen LogP contribution >= 0.6 is 11.6 Å². The Kier molecular flexibility index (Phi) is 6.20. The first-order valence-electron chi connectivity index (χ1n) is 8.78. The van der Waals surface area contributed by atoms with Crippen molar-refractivity contribution in [1.29, 1.82) is 0 Å². The standard InChI is InChI=1S/C19H20ClFN6O/c1-3-15(12-23-18-7-4-13(20)11-22-18)26(2)19(28)16-10-14(21)5-6-17(16)27-24-8-9-25-27/h4-11,15H,3,12H2,1-2H3,(H,22,23)/t15-/m0/s1. The number of aromatic nitrogens is 4. The highest BCUT2D eigenvalue weighted by Gasteiger charge is 2.23. The summed E-state index contributed by atoms with van der Waals surface area (Å²) in [5, 5.41) is 11.8. The Bertz CT molecular complexity index is 932. The van der Waals surface area contributed by atoms with Crippen LogP contribution in [-0.4, -0.2) is 50.4 Å². The number of hydrogen-bond donors (Lipinski definition) is 1. The molecule has 9 heteroatoms. The zero-order valence-electron chi connectivity index (χ0n) is 15.5. The fourth-order valence-corrected chi connectivity index (χ4v) is 2.92. The van der Waals surface area contributed by atoms with Crippen molar-refractivity contribution in [3.63, 3.8) is 0 Å². The first kappa shape index (κ1) is 19.8. The number of benzene rings is 1. The fourth-order valence-electron chi connectivity index (χ4n) is 2.81. The van der Waals surface area contributed by atoms with Crippen molar-refractivity contribution in [2.45, 2.75) is 19.4 Å². The Balaban J connectivity index is 1.78. The number of carbonyl (C=O) groups excluding carboxylic acids is 1. The highest BCUT2D eigenvalue weighted by atomic mass is 35.5. The maximum absolute atomic E-state index is 13.8. The summed E-state index contributed by atoms with van der Waals surface area (Å²) in [6, 6.07) is 7.35. The van der Waals surface area contributed by atoms with Crippen LogP contribution in [0.3, 0.4) is 0 Å². The lowest BCUT2D eigenvalue weighted by Gasteiger charge is -2.28. The van der Waals surface area contributed by atoms with E-state index in [9.17, 15) is 9.18 Å². The Labute approximate surface area is 167 Å². The summed E-state index contributed by atoms with van der Waals surface area (Å²) in [7, 11) is 1.69. The lowest BCUT2D eigenvalue weighted by Crippen LogP contribution is -2.41. The number of nitrogens with zero attached hydrogens (tertiary/aromatic N) is 5. The van der Waals surface area contributed by atoms with Gasteiger partial charge in [0.25, 0.3) is 5.91 Å². The molecule has 1 atom stereocenters. The number of nitrogens with one attached hydrogen (secondary N) is 1. The molecule has 0 radical (unpaired) electrons. The molecule has 0 bridgehead atoms. The number of rotatable bonds is 7. The Morgan fingerprint density at radius 2 is 2.04 bits per heavy atom. The van der Waals surface area contributed by atoms with Crippen molar-refractivity contribution in [3.8, 4) is 5.69 Å². The van der Waals surface area contributed by atoms with E-state index >= 15 is 0 Å². The van der Waals surface area contributed by atoms with Crippen LogP contribution in [0, 0.1) is 5.82 Å². The van der Waals surface area contributed by atoms with Crippen LogP contribution < -0.4 is 5.32 Å². The lowest BCUT2D eigenvalue weighted by atomic mass is 10.1. The molecule has 7 nitrogen and oxygen atoms in total. The third kappa shape index (κ3) is 4.45. The number of hydrogen-bond acceptors (Lipinski definition) is 5. The summed E-state index contributed by atoms with van der Waals surface area (Å²) in [4.78, 5) is 20.2. The molecule has 0 aliphatic carbocycles. The summed E-state index contributed by atoms with van der Waals surface area (Å²) in [5.41, 5.74) is 0.618. The largest absolute Gasteiger partial charge is 0.368 e. The van der Waals surface area contributed by atoms with Gasteiger partial charge in [-0.05, 0) is 36.8 Å². The van der Waals surface area contributed by atoms with Gasteiger partial charge in [-0.3, -0.25) is 4.79 Å². The molecule has 1 aromatic carbocycles. The van der Waals surface area contributed by atoms with E-state index in [4.69, 9.17) is 11.6 Å². The zero-order chi connectivity index (χ0) is 20.1. The minimum absolute atomic E-state index is 0.133. The number of carbonyl (C=O) groups is 1. The molecule has 3 aromatic rings. The molecule has 0 saturated heterocycles. The molecule has 1 N–H and O–H groups in total. The molecule has 146 valence electrons. The molecule has 1 amide bonds. The number of pyridine rings is 1. The molecule has 2 aromatic heterocycles. The fraction of sp³-hybridized carbons (Fsp3) is 0.263. The highest BCUT2D eigenvalue weighted by molar-refractivity contribution is 6.30. The molecule has 0 spiro atoms. The summed E-state index contributed by atoms with van der Waals surface area (Å²) >= 11 is 5.85. The van der Waals surface area contributed by atoms with E-state index in [1.165, 1.54) is 35.4 Å². The van der Waals surface area contributed by atoms with Gasteiger partial charge in [0.05, 0.1) is 28.7 Å². The summed E-state index contributed by atoms with van der Waals surface area (Å²) in [6.07, 6.45) is 5.25. The van der Waals surface area contributed by atoms with E-state index < -0.39 is 5.82 Å². The molecule has 0 aliphatic rings. The van der Waals surface area contributed by atoms with Gasteiger partial charge in [0.1, 0.15) is 11.6 Å². The van der Waals surface area contributed by atoms with E-state index in [1.54, 1.807) is 30.3 Å². The van der Waals surface area contributed by atoms with Crippen molar-refractivity contribution >= 4 is 23.3 Å². The molecule has 0 saturated carbocycles. The second-order valence-corrected chi connectivity index (χ2v) is 6.64. The topological polar surface area (TPSA) is 75.9 Å². The maximum Gasteiger partial charge on any atom is 0.256 e. The van der Waals surface area contributed by atoms with Crippen LogP contribution in [0.4, 0.5) is 10.2 Å². The molecular formula is C19H20ClFN6O. The SMILES string of the molecule is CC[C@@H](CNc1ccc(Cl)cn1)N(C)C(=O)c1cc(F)ccc1-n1nccn1. The zero-order valence-corrected chi connectivity index (χ0v) is 16.3. The van der Waals surface area contributed by atoms with Crippen molar-refractivity contribution in [1.82, 2.24) is 24.9 Å². The smallest absolute Gasteiger partial charge is 0.256 e. The van der Waals surface area contributed by atoms with E-state index in [0.29, 0.717) is 29.5 Å². The van der Waals surface area contributed by atoms with Crippen molar-refractivity contribution < 1.29 is 9.18 Å². The van der Waals surface area contributed by atoms with Crippen LogP contribution in [0.25, 0.3) is 5.69 Å². The van der Waals surface area contributed by atoms with Gasteiger partial charge in [-0.25, -0.2) is 9.37 Å². The Morgan fingerprint density at radius 1 is 1.29 bits per heavy atom. The lowest BCUT2D eigenvalue weighted by molar-refractivity contribution is 0.0735. The van der Waals surface area contributed by atoms with Crippen molar-refractivity contribution in [2.75, 3.05) is 18.9 Å². The summed E-state index contributed by atoms with van der Waals surface area (Å²) in [5.74, 6) is -0.149. The molecular weight excluding hydrogens is 383 g/mol. The molecule has 0 unspecified atom stereocenters. The van der Waals surface area contributed by atoms with Gasteiger partial charge in [-0.1, -0.05) is 18.5 Å². The molecule has 3 rings (SSSR count). The average molecular weight is 403 g/mol. The first-order chi connectivity index (χ1) is 13.5.